The van der Waals surface area contributed by atoms with E-state index in [9.17, 15) is 25.9 Å². The molecule has 0 heterocycles. The van der Waals surface area contributed by atoms with Crippen molar-refractivity contribution in [3.63, 3.8) is 0 Å². The molecule has 0 aliphatic rings. The molecule has 0 saturated carbocycles. The fourth-order valence-corrected chi connectivity index (χ4v) is 2.11. The largest absolute Gasteiger partial charge is 0.716 e. The molecule has 142 valence electrons. The van der Waals surface area contributed by atoms with Crippen molar-refractivity contribution in [1.29, 1.82) is 0 Å². The van der Waals surface area contributed by atoms with Crippen molar-refractivity contribution in [3.05, 3.63) is 12.1 Å². The van der Waals surface area contributed by atoms with Crippen molar-refractivity contribution in [3.8, 4) is 23.0 Å². The quantitative estimate of drug-likeness (QED) is 0.457. The first-order valence-corrected chi connectivity index (χ1v) is 8.46. The Kier molecular flexibility index (Phi) is 9.62. The van der Waals surface area contributed by atoms with Crippen molar-refractivity contribution in [2.45, 2.75) is 13.8 Å². The van der Waals surface area contributed by atoms with E-state index in [0.717, 1.165) is 12.1 Å². The molecular weight excluding hydrogens is 372 g/mol. The van der Waals surface area contributed by atoms with Crippen LogP contribution in [0.3, 0.4) is 0 Å². The molecule has 1 aromatic rings. The molecule has 0 bridgehead atoms. The lowest BCUT2D eigenvalue weighted by molar-refractivity contribution is 0.299. The highest BCUT2D eigenvalue weighted by atomic mass is 32.3. The fourth-order valence-electron chi connectivity index (χ4n) is 1.41. The second-order valence-electron chi connectivity index (χ2n) is 3.59. The molecule has 0 aliphatic carbocycles. The third-order valence-corrected chi connectivity index (χ3v) is 2.76. The van der Waals surface area contributed by atoms with E-state index in [-0.39, 0.29) is 37.0 Å². The number of hydrogen-bond acceptors (Lipinski definition) is 12. The topological polar surface area (TPSA) is 221 Å². The lowest BCUT2D eigenvalue weighted by Gasteiger charge is -2.18. The van der Waals surface area contributed by atoms with Gasteiger partial charge >= 0.3 is 0 Å². The summed E-state index contributed by atoms with van der Waals surface area (Å²) in [5.41, 5.74) is 0. The molecular formula is C10H18N2O10S2-2. The Morgan fingerprint density at radius 2 is 1.04 bits per heavy atom. The predicted molar refractivity (Wildman–Crippen MR) is 79.5 cm³/mol. The lowest BCUT2D eigenvalue weighted by atomic mass is 10.2. The van der Waals surface area contributed by atoms with Gasteiger partial charge in [-0.05, 0) is 13.8 Å². The molecule has 0 aromatic heterocycles. The van der Waals surface area contributed by atoms with E-state index >= 15 is 0 Å². The monoisotopic (exact) mass is 390 g/mol. The first-order valence-electron chi connectivity index (χ1n) is 5.80. The minimum absolute atomic E-state index is 0. The summed E-state index contributed by atoms with van der Waals surface area (Å²) >= 11 is 0. The van der Waals surface area contributed by atoms with Crippen LogP contribution in [0.4, 0.5) is 0 Å². The van der Waals surface area contributed by atoms with Gasteiger partial charge in [-0.1, -0.05) is 0 Å². The van der Waals surface area contributed by atoms with Crippen molar-refractivity contribution >= 4 is 20.8 Å². The van der Waals surface area contributed by atoms with Crippen molar-refractivity contribution in [1.82, 2.24) is 12.3 Å². The van der Waals surface area contributed by atoms with Crippen LogP contribution in [-0.2, 0) is 20.8 Å². The molecule has 0 unspecified atom stereocenters. The summed E-state index contributed by atoms with van der Waals surface area (Å²) in [5, 5.41) is 0. The number of ether oxygens (including phenoxy) is 2. The SMILES string of the molecule is CCOc1cc(OS(=O)(=O)[O-])c(OCC)cc1OS(=O)(=O)[O-].N.N. The Morgan fingerprint density at radius 1 is 0.750 bits per heavy atom. The molecule has 1 aromatic carbocycles. The summed E-state index contributed by atoms with van der Waals surface area (Å²) in [4.78, 5) is 0. The summed E-state index contributed by atoms with van der Waals surface area (Å²) in [7, 11) is -10.2. The van der Waals surface area contributed by atoms with Crippen LogP contribution in [0.25, 0.3) is 0 Å². The Hall–Kier alpha value is -1.84. The van der Waals surface area contributed by atoms with Gasteiger partial charge in [0.25, 0.3) is 20.8 Å². The summed E-state index contributed by atoms with van der Waals surface area (Å²) < 4.78 is 82.5. The van der Waals surface area contributed by atoms with Gasteiger partial charge in [-0.3, -0.25) is 0 Å². The smallest absolute Gasteiger partial charge is 0.262 e. The van der Waals surface area contributed by atoms with E-state index in [1.807, 2.05) is 0 Å². The maximum absolute atomic E-state index is 10.7. The van der Waals surface area contributed by atoms with E-state index in [0.29, 0.717) is 0 Å². The van der Waals surface area contributed by atoms with Crippen molar-refractivity contribution in [2.24, 2.45) is 0 Å². The van der Waals surface area contributed by atoms with Gasteiger partial charge in [0.2, 0.25) is 0 Å². The van der Waals surface area contributed by atoms with Crippen LogP contribution < -0.4 is 30.1 Å². The Balaban J connectivity index is 0. The molecule has 0 spiro atoms. The highest BCUT2D eigenvalue weighted by Crippen LogP contribution is 2.40. The lowest BCUT2D eigenvalue weighted by Crippen LogP contribution is -2.11. The minimum atomic E-state index is -5.10. The van der Waals surface area contributed by atoms with E-state index < -0.39 is 32.3 Å². The van der Waals surface area contributed by atoms with E-state index in [1.54, 1.807) is 0 Å². The van der Waals surface area contributed by atoms with Gasteiger partial charge in [-0.25, -0.2) is 16.8 Å². The fraction of sp³-hybridized carbons (Fsp3) is 0.400. The molecule has 0 atom stereocenters. The molecule has 0 radical (unpaired) electrons. The van der Waals surface area contributed by atoms with Gasteiger partial charge in [-0.2, -0.15) is 0 Å². The first-order chi connectivity index (χ1) is 10.1. The van der Waals surface area contributed by atoms with Crippen molar-refractivity contribution in [2.75, 3.05) is 13.2 Å². The average molecular weight is 390 g/mol. The number of hydrogen-bond donors (Lipinski definition) is 2. The molecule has 24 heavy (non-hydrogen) atoms. The van der Waals surface area contributed by atoms with Gasteiger partial charge in [0, 0.05) is 12.1 Å². The molecule has 6 N–H and O–H groups in total. The molecule has 1 rings (SSSR count). The summed E-state index contributed by atoms with van der Waals surface area (Å²) in [6.45, 7) is 3.15. The molecule has 0 amide bonds. The van der Waals surface area contributed by atoms with Crippen LogP contribution >= 0.6 is 0 Å². The highest BCUT2D eigenvalue weighted by Gasteiger charge is 2.18. The molecule has 14 heteroatoms. The van der Waals surface area contributed by atoms with E-state index in [1.165, 1.54) is 13.8 Å². The molecule has 0 saturated heterocycles. The summed E-state index contributed by atoms with van der Waals surface area (Å²) in [5.74, 6) is -1.69. The number of rotatable bonds is 8. The maximum Gasteiger partial charge on any atom is 0.262 e. The van der Waals surface area contributed by atoms with Gasteiger partial charge < -0.3 is 39.2 Å². The normalized spacial score (nSPS) is 10.8. The van der Waals surface area contributed by atoms with Crippen LogP contribution in [0.5, 0.6) is 23.0 Å². The standard InChI is InChI=1S/C10H14O10S2.2H3N/c1-3-17-7-5-10(20-22(14,15)16)8(18-4-2)6-9(7)19-21(11,12)13;;/h5-6H,3-4H2,1-2H3,(H,11,12,13)(H,14,15,16);2*1H3/p-2. The summed E-state index contributed by atoms with van der Waals surface area (Å²) in [6, 6.07) is 1.73. The Morgan fingerprint density at radius 3 is 1.25 bits per heavy atom. The van der Waals surface area contributed by atoms with Crippen LogP contribution in [-0.4, -0.2) is 39.2 Å². The maximum atomic E-state index is 10.7. The van der Waals surface area contributed by atoms with E-state index in [2.05, 4.69) is 8.37 Å². The Bertz CT molecular complexity index is 669. The molecule has 12 nitrogen and oxygen atoms in total. The van der Waals surface area contributed by atoms with Crippen LogP contribution in [0, 0.1) is 0 Å². The van der Waals surface area contributed by atoms with Crippen LogP contribution in [0.2, 0.25) is 0 Å². The second-order valence-corrected chi connectivity index (χ2v) is 5.56. The van der Waals surface area contributed by atoms with E-state index in [4.69, 9.17) is 9.47 Å². The zero-order valence-electron chi connectivity index (χ0n) is 12.9. The second kappa shape index (κ2) is 9.45. The van der Waals surface area contributed by atoms with Crippen molar-refractivity contribution < 1.29 is 43.8 Å². The van der Waals surface area contributed by atoms with Crippen LogP contribution in [0.1, 0.15) is 13.8 Å². The Labute approximate surface area is 139 Å². The van der Waals surface area contributed by atoms with Gasteiger partial charge in [0.05, 0.1) is 13.2 Å². The first kappa shape index (κ1) is 24.4. The third kappa shape index (κ3) is 8.14. The highest BCUT2D eigenvalue weighted by molar-refractivity contribution is 7.81. The van der Waals surface area contributed by atoms with Gasteiger partial charge in [0.15, 0.2) is 23.0 Å². The molecule has 0 fully saturated rings. The third-order valence-electron chi connectivity index (χ3n) is 1.99. The average Bonchev–Trinajstić information content (AvgIpc) is 2.31. The zero-order valence-corrected chi connectivity index (χ0v) is 14.5. The summed E-state index contributed by atoms with van der Waals surface area (Å²) in [6.07, 6.45) is 0. The predicted octanol–water partition coefficient (Wildman–Crippen LogP) is 0.486. The molecule has 0 aliphatic heterocycles. The zero-order chi connectivity index (χ0) is 17.0. The van der Waals surface area contributed by atoms with Crippen LogP contribution in [0.15, 0.2) is 12.1 Å². The van der Waals surface area contributed by atoms with Gasteiger partial charge in [-0.15, -0.1) is 0 Å². The number of benzene rings is 1. The van der Waals surface area contributed by atoms with Gasteiger partial charge in [0.1, 0.15) is 0 Å². The minimum Gasteiger partial charge on any atom is -0.716 e.